The minimum absolute atomic E-state index is 0.0392. The zero-order chi connectivity index (χ0) is 33.0. The van der Waals surface area contributed by atoms with Gasteiger partial charge in [-0.25, -0.2) is 24.4 Å². The Kier molecular flexibility index (Phi) is 10.6. The van der Waals surface area contributed by atoms with Gasteiger partial charge in [0, 0.05) is 10.8 Å². The van der Waals surface area contributed by atoms with Crippen LogP contribution in [0.15, 0.2) is 21.1 Å². The molecule has 0 saturated carbocycles. The molecule has 236 valence electrons. The molecule has 0 bridgehead atoms. The number of carbonyl (C=O) groups excluding carboxylic acids is 3. The van der Waals surface area contributed by atoms with Gasteiger partial charge < -0.3 is 30.0 Å². The van der Waals surface area contributed by atoms with Gasteiger partial charge in [-0.05, 0) is 69.2 Å². The molecule has 0 saturated heterocycles. The van der Waals surface area contributed by atoms with Crippen LogP contribution in [-0.4, -0.2) is 72.7 Å². The number of aromatic nitrogens is 2. The van der Waals surface area contributed by atoms with E-state index < -0.39 is 51.9 Å². The summed E-state index contributed by atoms with van der Waals surface area (Å²) >= 11 is 1.92. The van der Waals surface area contributed by atoms with Crippen molar-refractivity contribution in [2.75, 3.05) is 11.1 Å². The van der Waals surface area contributed by atoms with Crippen molar-refractivity contribution in [1.29, 1.82) is 0 Å². The Labute approximate surface area is 256 Å². The van der Waals surface area contributed by atoms with Crippen LogP contribution < -0.4 is 11.1 Å². The number of nitrogens with zero attached hydrogens (tertiary/aromatic N) is 4. The minimum atomic E-state index is -1.62. The van der Waals surface area contributed by atoms with Crippen molar-refractivity contribution >= 4 is 68.2 Å². The van der Waals surface area contributed by atoms with Gasteiger partial charge in [-0.3, -0.25) is 10.1 Å². The van der Waals surface area contributed by atoms with E-state index in [1.54, 1.807) is 41.5 Å². The molecule has 43 heavy (non-hydrogen) atoms. The Bertz CT molecular complexity index is 1430. The van der Waals surface area contributed by atoms with Gasteiger partial charge in [0.05, 0.1) is 0 Å². The molecule has 0 radical (unpaired) electrons. The molecule has 0 aliphatic carbocycles. The Morgan fingerprint density at radius 1 is 0.767 bits per heavy atom. The van der Waals surface area contributed by atoms with Gasteiger partial charge in [0.1, 0.15) is 22.6 Å². The van der Waals surface area contributed by atoms with Gasteiger partial charge in [-0.2, -0.15) is 0 Å². The fraction of sp³-hybridized carbons (Fsp3) is 0.538. The second kappa shape index (κ2) is 13.0. The van der Waals surface area contributed by atoms with Gasteiger partial charge >= 0.3 is 17.9 Å². The zero-order valence-electron chi connectivity index (χ0n) is 25.6. The van der Waals surface area contributed by atoms with Crippen molar-refractivity contribution in [3.8, 4) is 0 Å². The molecular weight excluding hydrogens is 604 g/mol. The van der Waals surface area contributed by atoms with E-state index in [4.69, 9.17) is 24.9 Å². The number of esters is 2. The summed E-state index contributed by atoms with van der Waals surface area (Å²) in [4.78, 5) is 69.0. The number of thiazole rings is 2. The number of nitrogen functional groups attached to an aromatic ring is 1. The Morgan fingerprint density at radius 3 is 1.63 bits per heavy atom. The lowest BCUT2D eigenvalue weighted by Crippen LogP contribution is -2.40. The van der Waals surface area contributed by atoms with Crippen LogP contribution in [0, 0.1) is 0 Å². The molecule has 0 aromatic carbocycles. The number of anilines is 2. The summed E-state index contributed by atoms with van der Waals surface area (Å²) in [6.07, 6.45) is 0. The number of carboxylic acids is 1. The minimum Gasteiger partial charge on any atom is -0.476 e. The number of aliphatic carboxylic acids is 1. The number of hydrogen-bond acceptors (Lipinski definition) is 15. The van der Waals surface area contributed by atoms with Crippen molar-refractivity contribution in [3.63, 3.8) is 0 Å². The van der Waals surface area contributed by atoms with Crippen molar-refractivity contribution in [2.45, 2.75) is 91.6 Å². The molecule has 0 aliphatic rings. The number of nitrogens with two attached hydrogens (primary N) is 1. The Morgan fingerprint density at radius 2 is 1.21 bits per heavy atom. The number of rotatable bonds is 11. The van der Waals surface area contributed by atoms with Gasteiger partial charge in [0.15, 0.2) is 16.0 Å². The van der Waals surface area contributed by atoms with Crippen molar-refractivity contribution in [3.05, 3.63) is 22.1 Å². The average molecular weight is 641 g/mol. The molecule has 2 aromatic heterocycles. The Hall–Kier alpha value is -4.12. The molecule has 0 fully saturated rings. The first-order chi connectivity index (χ1) is 19.5. The lowest BCUT2D eigenvalue weighted by atomic mass is 10.1. The maximum atomic E-state index is 13.2. The third-order valence-electron chi connectivity index (χ3n) is 4.66. The first-order valence-corrected chi connectivity index (χ1v) is 14.5. The summed E-state index contributed by atoms with van der Waals surface area (Å²) in [5.74, 6) is -3.82. The highest BCUT2D eigenvalue weighted by Gasteiger charge is 2.37. The smallest absolute Gasteiger partial charge is 0.360 e. The van der Waals surface area contributed by atoms with E-state index in [0.29, 0.717) is 0 Å². The lowest BCUT2D eigenvalue weighted by molar-refractivity contribution is -0.180. The maximum absolute atomic E-state index is 13.2. The van der Waals surface area contributed by atoms with Crippen LogP contribution >= 0.6 is 22.7 Å². The monoisotopic (exact) mass is 640 g/mol. The van der Waals surface area contributed by atoms with Crippen LogP contribution in [0.5, 0.6) is 0 Å². The molecule has 15 nitrogen and oxygen atoms in total. The van der Waals surface area contributed by atoms with Crippen LogP contribution in [-0.2, 0) is 38.3 Å². The standard InChI is InChI=1S/C26H36N6O9S2/c1-23(2,3)38-19(36)25(7,8)40-31-15(13-11-42-21(27)28-13)17(33)30-22-29-14(12-43-22)16(18(34)35)32-41-26(9,10)20(37)39-24(4,5)6/h11-12H,1-10H3,(H2,27,28)(H,34,35)(H,29,30,33)/b31-15-,32-16-. The first kappa shape index (κ1) is 35.1. The summed E-state index contributed by atoms with van der Waals surface area (Å²) in [5.41, 5.74) is -0.125. The van der Waals surface area contributed by atoms with Gasteiger partial charge in [0.2, 0.25) is 16.9 Å². The molecule has 4 N–H and O–H groups in total. The van der Waals surface area contributed by atoms with Crippen molar-refractivity contribution in [1.82, 2.24) is 9.97 Å². The highest BCUT2D eigenvalue weighted by atomic mass is 32.1. The summed E-state index contributed by atoms with van der Waals surface area (Å²) in [6, 6.07) is 0. The number of amides is 1. The molecule has 2 aromatic rings. The summed E-state index contributed by atoms with van der Waals surface area (Å²) in [5, 5.41) is 22.6. The Balaban J connectivity index is 2.31. The molecule has 0 aliphatic heterocycles. The third-order valence-corrected chi connectivity index (χ3v) is 6.09. The fourth-order valence-corrected chi connectivity index (χ4v) is 3.83. The normalized spacial score (nSPS) is 13.3. The van der Waals surface area contributed by atoms with Crippen LogP contribution in [0.25, 0.3) is 0 Å². The number of carbonyl (C=O) groups is 4. The number of oxime groups is 2. The number of ether oxygens (including phenoxy) is 2. The molecule has 0 atom stereocenters. The van der Waals surface area contributed by atoms with E-state index in [1.807, 2.05) is 0 Å². The topological polar surface area (TPSA) is 214 Å². The molecule has 0 spiro atoms. The quantitative estimate of drug-likeness (QED) is 0.183. The van der Waals surface area contributed by atoms with E-state index in [1.165, 1.54) is 38.5 Å². The first-order valence-electron chi connectivity index (χ1n) is 12.7. The number of nitrogens with one attached hydrogen (secondary N) is 1. The fourth-order valence-electron chi connectivity index (χ4n) is 2.59. The van der Waals surface area contributed by atoms with Crippen LogP contribution in [0.1, 0.15) is 80.6 Å². The van der Waals surface area contributed by atoms with Crippen molar-refractivity contribution < 1.29 is 43.4 Å². The third kappa shape index (κ3) is 10.6. The molecule has 2 rings (SSSR count). The van der Waals surface area contributed by atoms with Crippen LogP contribution in [0.4, 0.5) is 10.3 Å². The predicted octanol–water partition coefficient (Wildman–Crippen LogP) is 3.59. The molecule has 1 amide bonds. The van der Waals surface area contributed by atoms with Crippen LogP contribution in [0.2, 0.25) is 0 Å². The van der Waals surface area contributed by atoms with E-state index in [2.05, 4.69) is 25.6 Å². The van der Waals surface area contributed by atoms with E-state index >= 15 is 0 Å². The van der Waals surface area contributed by atoms with E-state index in [-0.39, 0.29) is 27.4 Å². The van der Waals surface area contributed by atoms with Crippen LogP contribution in [0.3, 0.4) is 0 Å². The highest BCUT2D eigenvalue weighted by Crippen LogP contribution is 2.22. The molecule has 2 heterocycles. The lowest BCUT2D eigenvalue weighted by Gasteiger charge is -2.26. The average Bonchev–Trinajstić information content (AvgIpc) is 3.45. The highest BCUT2D eigenvalue weighted by molar-refractivity contribution is 7.14. The van der Waals surface area contributed by atoms with E-state index in [0.717, 1.165) is 22.7 Å². The maximum Gasteiger partial charge on any atom is 0.360 e. The SMILES string of the molecule is CC(C)(C)OC(=O)C(C)(C)O/N=C(\C(=O)O)c1csc(NC(=O)/C(=N\OC(C)(C)C(=O)OC(C)(C)C)c2csc(N)n2)n1. The number of hydrogen-bond donors (Lipinski definition) is 3. The summed E-state index contributed by atoms with van der Waals surface area (Å²) in [7, 11) is 0. The van der Waals surface area contributed by atoms with Crippen molar-refractivity contribution in [2.24, 2.45) is 10.3 Å². The molecule has 17 heteroatoms. The van der Waals surface area contributed by atoms with Gasteiger partial charge in [-0.1, -0.05) is 10.3 Å². The van der Waals surface area contributed by atoms with Gasteiger partial charge in [0.25, 0.3) is 5.91 Å². The molecule has 0 unspecified atom stereocenters. The predicted molar refractivity (Wildman–Crippen MR) is 160 cm³/mol. The van der Waals surface area contributed by atoms with Gasteiger partial charge in [-0.15, -0.1) is 22.7 Å². The second-order valence-electron chi connectivity index (χ2n) is 12.0. The largest absolute Gasteiger partial charge is 0.476 e. The molecular formula is C26H36N6O9S2. The van der Waals surface area contributed by atoms with E-state index in [9.17, 15) is 24.3 Å². The summed E-state index contributed by atoms with van der Waals surface area (Å²) < 4.78 is 10.6. The number of carboxylic acid groups (broad SMARTS) is 1. The second-order valence-corrected chi connectivity index (χ2v) is 13.7. The summed E-state index contributed by atoms with van der Waals surface area (Å²) in [6.45, 7) is 15.7. The zero-order valence-corrected chi connectivity index (χ0v) is 27.2.